The largest absolute Gasteiger partial charge is 0.272 e. The maximum Gasteiger partial charge on any atom is 0.263 e. The molecule has 0 unspecified atom stereocenters. The van der Waals surface area contributed by atoms with Gasteiger partial charge >= 0.3 is 0 Å². The Bertz CT molecular complexity index is 634. The van der Waals surface area contributed by atoms with Crippen LogP contribution in [-0.4, -0.2) is 19.1 Å². The maximum absolute atomic E-state index is 13.6. The van der Waals surface area contributed by atoms with Gasteiger partial charge in [-0.1, -0.05) is 15.9 Å². The normalized spacial score (nSPS) is 20.7. The number of benzene rings is 1. The minimum Gasteiger partial charge on any atom is -0.272 e. The van der Waals surface area contributed by atoms with Gasteiger partial charge in [0.05, 0.1) is 0 Å². The summed E-state index contributed by atoms with van der Waals surface area (Å²) in [6.45, 7) is 2.38. The lowest BCUT2D eigenvalue weighted by molar-refractivity contribution is -0.121. The van der Waals surface area contributed by atoms with Crippen molar-refractivity contribution in [3.05, 3.63) is 28.2 Å². The Morgan fingerprint density at radius 2 is 1.67 bits per heavy atom. The van der Waals surface area contributed by atoms with Crippen LogP contribution in [0.15, 0.2) is 16.6 Å². The summed E-state index contributed by atoms with van der Waals surface area (Å²) in [5.74, 6) is -3.09. The second-order valence-electron chi connectivity index (χ2n) is 4.30. The van der Waals surface area contributed by atoms with Gasteiger partial charge in [-0.3, -0.25) is 4.79 Å². The van der Waals surface area contributed by atoms with Crippen LogP contribution in [-0.2, 0) is 14.8 Å². The third-order valence-electron chi connectivity index (χ3n) is 2.77. The van der Waals surface area contributed by atoms with E-state index in [1.165, 1.54) is 13.8 Å². The second kappa shape index (κ2) is 3.74. The molecule has 1 aromatic carbocycles. The maximum atomic E-state index is 13.6. The summed E-state index contributed by atoms with van der Waals surface area (Å²) < 4.78 is 49.5. The lowest BCUT2D eigenvalue weighted by Gasteiger charge is -2.42. The molecule has 0 aliphatic carbocycles. The van der Waals surface area contributed by atoms with Crippen molar-refractivity contribution in [2.75, 3.05) is 4.31 Å². The lowest BCUT2D eigenvalue weighted by Crippen LogP contribution is -2.68. The SMILES string of the molecule is CC1(C)C(=O)N(c2c(F)cc(Br)cc2F)S1(=O)=O. The molecule has 1 heterocycles. The van der Waals surface area contributed by atoms with Crippen LogP contribution < -0.4 is 4.31 Å². The molecule has 8 heteroatoms. The average Bonchev–Trinajstić information content (AvgIpc) is 2.21. The minimum atomic E-state index is -4.07. The van der Waals surface area contributed by atoms with Crippen LogP contribution in [0.5, 0.6) is 0 Å². The number of carbonyl (C=O) groups excluding carboxylic acids is 1. The summed E-state index contributed by atoms with van der Waals surface area (Å²) in [5, 5.41) is 0. The molecule has 1 aliphatic rings. The molecule has 1 amide bonds. The number of anilines is 1. The highest BCUT2D eigenvalue weighted by Gasteiger charge is 2.62. The Kier molecular flexibility index (Phi) is 2.78. The molecule has 1 fully saturated rings. The highest BCUT2D eigenvalue weighted by molar-refractivity contribution is 9.10. The van der Waals surface area contributed by atoms with Gasteiger partial charge in [-0.25, -0.2) is 17.2 Å². The van der Waals surface area contributed by atoms with Gasteiger partial charge in [-0.15, -0.1) is 0 Å². The zero-order chi connectivity index (χ0) is 13.9. The van der Waals surface area contributed by atoms with E-state index in [9.17, 15) is 22.0 Å². The van der Waals surface area contributed by atoms with E-state index in [0.717, 1.165) is 12.1 Å². The van der Waals surface area contributed by atoms with Crippen LogP contribution in [0, 0.1) is 11.6 Å². The number of hydrogen-bond acceptors (Lipinski definition) is 3. The van der Waals surface area contributed by atoms with E-state index in [4.69, 9.17) is 0 Å². The molecule has 0 spiro atoms. The number of amides is 1. The number of sulfonamides is 1. The molecule has 0 bridgehead atoms. The molecule has 1 aromatic rings. The van der Waals surface area contributed by atoms with Gasteiger partial charge in [0, 0.05) is 4.47 Å². The van der Waals surface area contributed by atoms with E-state index in [-0.39, 0.29) is 8.78 Å². The van der Waals surface area contributed by atoms with E-state index < -0.39 is 38.0 Å². The molecule has 0 saturated carbocycles. The van der Waals surface area contributed by atoms with Crippen molar-refractivity contribution in [2.45, 2.75) is 18.6 Å². The van der Waals surface area contributed by atoms with Crippen LogP contribution >= 0.6 is 15.9 Å². The van der Waals surface area contributed by atoms with Crippen molar-refractivity contribution in [1.82, 2.24) is 0 Å². The third-order valence-corrected chi connectivity index (χ3v) is 5.52. The van der Waals surface area contributed by atoms with Gasteiger partial charge in [0.15, 0.2) is 16.4 Å². The summed E-state index contributed by atoms with van der Waals surface area (Å²) in [5.41, 5.74) is -0.859. The van der Waals surface area contributed by atoms with Gasteiger partial charge < -0.3 is 0 Å². The summed E-state index contributed by atoms with van der Waals surface area (Å²) in [6, 6.07) is 1.79. The number of rotatable bonds is 1. The number of hydrogen-bond donors (Lipinski definition) is 0. The molecule has 1 saturated heterocycles. The number of carbonyl (C=O) groups is 1. The van der Waals surface area contributed by atoms with Crippen molar-refractivity contribution in [3.63, 3.8) is 0 Å². The van der Waals surface area contributed by atoms with E-state index in [1.807, 2.05) is 0 Å². The molecule has 2 rings (SSSR count). The van der Waals surface area contributed by atoms with E-state index >= 15 is 0 Å². The Morgan fingerprint density at radius 3 is 2.06 bits per heavy atom. The zero-order valence-corrected chi connectivity index (χ0v) is 11.8. The molecule has 98 valence electrons. The smallest absolute Gasteiger partial charge is 0.263 e. The summed E-state index contributed by atoms with van der Waals surface area (Å²) in [7, 11) is -4.07. The van der Waals surface area contributed by atoms with Crippen LogP contribution in [0.2, 0.25) is 0 Å². The zero-order valence-electron chi connectivity index (χ0n) is 9.37. The molecule has 0 N–H and O–H groups in total. The van der Waals surface area contributed by atoms with Crippen molar-refractivity contribution in [2.24, 2.45) is 0 Å². The van der Waals surface area contributed by atoms with Gasteiger partial charge in [0.1, 0.15) is 5.69 Å². The molecule has 0 atom stereocenters. The highest BCUT2D eigenvalue weighted by Crippen LogP contribution is 2.41. The van der Waals surface area contributed by atoms with Crippen molar-refractivity contribution >= 4 is 37.5 Å². The van der Waals surface area contributed by atoms with Gasteiger partial charge in [-0.2, -0.15) is 4.31 Å². The van der Waals surface area contributed by atoms with Crippen molar-refractivity contribution < 1.29 is 22.0 Å². The Morgan fingerprint density at radius 1 is 1.22 bits per heavy atom. The quantitative estimate of drug-likeness (QED) is 0.788. The van der Waals surface area contributed by atoms with Crippen LogP contribution in [0.25, 0.3) is 0 Å². The van der Waals surface area contributed by atoms with E-state index in [0.29, 0.717) is 0 Å². The van der Waals surface area contributed by atoms with Crippen LogP contribution in [0.1, 0.15) is 13.8 Å². The lowest BCUT2D eigenvalue weighted by atomic mass is 10.1. The first kappa shape index (κ1) is 13.4. The molecule has 0 aromatic heterocycles. The molecular formula is C10H8BrF2NO3S. The molecule has 18 heavy (non-hydrogen) atoms. The number of halogens is 3. The fourth-order valence-corrected chi connectivity index (χ4v) is 3.50. The summed E-state index contributed by atoms with van der Waals surface area (Å²) >= 11 is 2.87. The predicted octanol–water partition coefficient (Wildman–Crippen LogP) is 2.18. The van der Waals surface area contributed by atoms with Gasteiger partial charge in [-0.05, 0) is 26.0 Å². The van der Waals surface area contributed by atoms with Crippen molar-refractivity contribution in [1.29, 1.82) is 0 Å². The fourth-order valence-electron chi connectivity index (χ4n) is 1.60. The Labute approximate surface area is 111 Å². The fraction of sp³-hybridized carbons (Fsp3) is 0.300. The molecule has 0 radical (unpaired) electrons. The first-order valence-electron chi connectivity index (χ1n) is 4.84. The number of nitrogens with zero attached hydrogens (tertiary/aromatic N) is 1. The third kappa shape index (κ3) is 1.51. The molecule has 4 nitrogen and oxygen atoms in total. The first-order chi connectivity index (χ1) is 8.10. The average molecular weight is 340 g/mol. The van der Waals surface area contributed by atoms with Crippen molar-refractivity contribution in [3.8, 4) is 0 Å². The first-order valence-corrected chi connectivity index (χ1v) is 7.08. The van der Waals surface area contributed by atoms with E-state index in [1.54, 1.807) is 0 Å². The Balaban J connectivity index is 2.64. The van der Waals surface area contributed by atoms with Crippen LogP contribution in [0.3, 0.4) is 0 Å². The summed E-state index contributed by atoms with van der Waals surface area (Å²) in [6.07, 6.45) is 0. The van der Waals surface area contributed by atoms with E-state index in [2.05, 4.69) is 15.9 Å². The van der Waals surface area contributed by atoms with Crippen LogP contribution in [0.4, 0.5) is 14.5 Å². The van der Waals surface area contributed by atoms with Gasteiger partial charge in [0.25, 0.3) is 15.9 Å². The standard InChI is InChI=1S/C10H8BrF2NO3S/c1-10(2)9(15)14(18(10,16)17)8-6(12)3-5(11)4-7(8)13/h3-4H,1-2H3. The minimum absolute atomic E-state index is 0.117. The highest BCUT2D eigenvalue weighted by atomic mass is 79.9. The topological polar surface area (TPSA) is 54.5 Å². The van der Waals surface area contributed by atoms with Gasteiger partial charge in [0.2, 0.25) is 0 Å². The molecule has 1 aliphatic heterocycles. The second-order valence-corrected chi connectivity index (χ2v) is 7.55. The predicted molar refractivity (Wildman–Crippen MR) is 64.5 cm³/mol. The summed E-state index contributed by atoms with van der Waals surface area (Å²) in [4.78, 5) is 11.7. The Hall–Kier alpha value is -1.02. The monoisotopic (exact) mass is 339 g/mol. The molecular weight excluding hydrogens is 332 g/mol.